The molecule has 0 saturated heterocycles. The molecule has 57 heavy (non-hydrogen) atoms. The minimum atomic E-state index is 0.935. The van der Waals surface area contributed by atoms with Gasteiger partial charge in [0.05, 0.1) is 11.4 Å². The zero-order valence-electron chi connectivity index (χ0n) is 35.4. The minimum Gasteiger partial charge on any atom is -0.310 e. The van der Waals surface area contributed by atoms with Gasteiger partial charge in [0.25, 0.3) is 0 Å². The Balaban J connectivity index is 0.000000442. The van der Waals surface area contributed by atoms with Gasteiger partial charge >= 0.3 is 0 Å². The maximum atomic E-state index is 2.40. The first-order valence-electron chi connectivity index (χ1n) is 21.5. The summed E-state index contributed by atoms with van der Waals surface area (Å²) in [6.07, 6.45) is 8.78. The number of rotatable bonds is 12. The molecule has 0 radical (unpaired) electrons. The molecular formula is C55H62N2. The van der Waals surface area contributed by atoms with E-state index in [2.05, 4.69) is 216 Å². The topological polar surface area (TPSA) is 6.48 Å². The Morgan fingerprint density at radius 3 is 1.04 bits per heavy atom. The lowest BCUT2D eigenvalue weighted by molar-refractivity contribution is 0.544. The van der Waals surface area contributed by atoms with E-state index in [0.717, 1.165) is 41.5 Å². The molecule has 0 bridgehead atoms. The van der Waals surface area contributed by atoms with E-state index < -0.39 is 0 Å². The monoisotopic (exact) mass is 750 g/mol. The Labute approximate surface area is 343 Å². The first-order valence-corrected chi connectivity index (χ1v) is 21.5. The highest BCUT2D eigenvalue weighted by molar-refractivity contribution is 6.28. The van der Waals surface area contributed by atoms with Gasteiger partial charge in [0.15, 0.2) is 0 Å². The van der Waals surface area contributed by atoms with Crippen LogP contribution in [-0.4, -0.2) is 0 Å². The van der Waals surface area contributed by atoms with Crippen LogP contribution < -0.4 is 9.80 Å². The van der Waals surface area contributed by atoms with E-state index in [1.165, 1.54) is 86.9 Å². The van der Waals surface area contributed by atoms with Crippen molar-refractivity contribution in [2.75, 3.05) is 9.80 Å². The molecule has 8 aromatic rings. The Morgan fingerprint density at radius 1 is 0.386 bits per heavy atom. The van der Waals surface area contributed by atoms with Crippen molar-refractivity contribution in [1.82, 2.24) is 0 Å². The second kappa shape index (κ2) is 20.0. The maximum absolute atomic E-state index is 2.40. The van der Waals surface area contributed by atoms with Gasteiger partial charge in [0.1, 0.15) is 0 Å². The molecule has 0 fully saturated rings. The average Bonchev–Trinajstić information content (AvgIpc) is 3.28. The van der Waals surface area contributed by atoms with Crippen LogP contribution in [0.4, 0.5) is 34.1 Å². The van der Waals surface area contributed by atoms with Crippen LogP contribution in [0.2, 0.25) is 0 Å². The normalized spacial score (nSPS) is 11.0. The van der Waals surface area contributed by atoms with E-state index in [0.29, 0.717) is 0 Å². The van der Waals surface area contributed by atoms with E-state index in [1.54, 1.807) is 0 Å². The molecule has 292 valence electrons. The van der Waals surface area contributed by atoms with Gasteiger partial charge < -0.3 is 9.80 Å². The van der Waals surface area contributed by atoms with Gasteiger partial charge in [-0.05, 0) is 112 Å². The number of anilines is 6. The number of unbranched alkanes of at least 4 members (excludes halogenated alkanes) is 2. The van der Waals surface area contributed by atoms with E-state index in [9.17, 15) is 0 Å². The fourth-order valence-corrected chi connectivity index (χ4v) is 7.57. The molecule has 0 amide bonds. The summed E-state index contributed by atoms with van der Waals surface area (Å²) in [6.45, 7) is 15.6. The van der Waals surface area contributed by atoms with Crippen LogP contribution >= 0.6 is 0 Å². The summed E-state index contributed by atoms with van der Waals surface area (Å²) >= 11 is 0. The Morgan fingerprint density at radius 2 is 0.737 bits per heavy atom. The third kappa shape index (κ3) is 9.35. The summed E-state index contributed by atoms with van der Waals surface area (Å²) in [5.41, 5.74) is 9.64. The number of hydrogen-bond acceptors (Lipinski definition) is 2. The maximum Gasteiger partial charge on any atom is 0.0540 e. The summed E-state index contributed by atoms with van der Waals surface area (Å²) in [5.74, 6) is 0.935. The van der Waals surface area contributed by atoms with Gasteiger partial charge in [0, 0.05) is 33.5 Å². The van der Waals surface area contributed by atoms with Crippen LogP contribution in [0.1, 0.15) is 91.7 Å². The SMILES string of the molecule is CCC(C)CC.CCCCC.CCc1ccc(N(c2ccccc2)c2ccc3ccc4c(N(c5ccccc5)c5ccc(CC)cc5)ccc5ccc2c3c54)cc1. The number of nitrogens with zero attached hydrogens (tertiary/aromatic N) is 2. The van der Waals surface area contributed by atoms with Crippen molar-refractivity contribution in [3.63, 3.8) is 0 Å². The molecule has 0 saturated carbocycles. The molecule has 0 spiro atoms. The van der Waals surface area contributed by atoms with Crippen molar-refractivity contribution in [2.45, 2.75) is 93.4 Å². The Bertz CT molecular complexity index is 2230. The molecule has 2 nitrogen and oxygen atoms in total. The summed E-state index contributed by atoms with van der Waals surface area (Å²) in [4.78, 5) is 4.80. The van der Waals surface area contributed by atoms with Crippen molar-refractivity contribution in [3.05, 3.63) is 169 Å². The minimum absolute atomic E-state index is 0.935. The predicted octanol–water partition coefficient (Wildman–Crippen LogP) is 17.3. The fraction of sp³-hybridized carbons (Fsp3) is 0.273. The first kappa shape index (κ1) is 41.0. The van der Waals surface area contributed by atoms with E-state index >= 15 is 0 Å². The van der Waals surface area contributed by atoms with Gasteiger partial charge in [-0.15, -0.1) is 0 Å². The van der Waals surface area contributed by atoms with Crippen LogP contribution in [-0.2, 0) is 12.8 Å². The smallest absolute Gasteiger partial charge is 0.0540 e. The predicted molar refractivity (Wildman–Crippen MR) is 253 cm³/mol. The van der Waals surface area contributed by atoms with Gasteiger partial charge in [-0.1, -0.05) is 178 Å². The molecule has 0 heterocycles. The molecular weight excluding hydrogens is 689 g/mol. The van der Waals surface area contributed by atoms with Crippen LogP contribution in [0.25, 0.3) is 32.3 Å². The van der Waals surface area contributed by atoms with Crippen molar-refractivity contribution in [3.8, 4) is 0 Å². The second-order valence-corrected chi connectivity index (χ2v) is 15.2. The number of aryl methyl sites for hydroxylation is 2. The third-order valence-electron chi connectivity index (χ3n) is 11.4. The molecule has 0 aliphatic carbocycles. The Kier molecular flexibility index (Phi) is 14.4. The number of benzene rings is 8. The molecule has 0 aliphatic heterocycles. The quantitative estimate of drug-likeness (QED) is 0.115. The molecule has 0 N–H and O–H groups in total. The highest BCUT2D eigenvalue weighted by Crippen LogP contribution is 2.47. The molecule has 0 atom stereocenters. The lowest BCUT2D eigenvalue weighted by Crippen LogP contribution is -2.11. The zero-order chi connectivity index (χ0) is 40.1. The number of hydrogen-bond donors (Lipinski definition) is 0. The lowest BCUT2D eigenvalue weighted by atomic mass is 9.91. The van der Waals surface area contributed by atoms with Gasteiger partial charge in [-0.2, -0.15) is 0 Å². The lowest BCUT2D eigenvalue weighted by Gasteiger charge is -2.29. The van der Waals surface area contributed by atoms with Crippen molar-refractivity contribution in [1.29, 1.82) is 0 Å². The summed E-state index contributed by atoms with van der Waals surface area (Å²) in [6, 6.07) is 57.8. The molecule has 2 heteroatoms. The van der Waals surface area contributed by atoms with E-state index in [4.69, 9.17) is 0 Å². The van der Waals surface area contributed by atoms with Crippen molar-refractivity contribution < 1.29 is 0 Å². The summed E-state index contributed by atoms with van der Waals surface area (Å²) in [7, 11) is 0. The third-order valence-corrected chi connectivity index (χ3v) is 11.4. The first-order chi connectivity index (χ1) is 28.0. The van der Waals surface area contributed by atoms with Crippen LogP contribution in [0, 0.1) is 5.92 Å². The largest absolute Gasteiger partial charge is 0.310 e. The molecule has 0 unspecified atom stereocenters. The fourth-order valence-electron chi connectivity index (χ4n) is 7.57. The van der Waals surface area contributed by atoms with Crippen LogP contribution in [0.5, 0.6) is 0 Å². The molecule has 8 rings (SSSR count). The summed E-state index contributed by atoms with van der Waals surface area (Å²) in [5, 5.41) is 7.60. The Hall–Kier alpha value is -5.60. The van der Waals surface area contributed by atoms with Crippen LogP contribution in [0.15, 0.2) is 158 Å². The van der Waals surface area contributed by atoms with Crippen LogP contribution in [0.3, 0.4) is 0 Å². The second-order valence-electron chi connectivity index (χ2n) is 15.2. The van der Waals surface area contributed by atoms with Crippen molar-refractivity contribution >= 4 is 66.4 Å². The summed E-state index contributed by atoms with van der Waals surface area (Å²) < 4.78 is 0. The van der Waals surface area contributed by atoms with E-state index in [-0.39, 0.29) is 0 Å². The van der Waals surface area contributed by atoms with Gasteiger partial charge in [-0.25, -0.2) is 0 Å². The standard InChI is InChI=1S/C44H36N2.C6H14.C5H12/c1-3-31-15-23-37(24-16-31)45(35-11-7-5-8-12-35)41-29-21-33-20-28-40-42(30-22-34-19-27-39(41)43(33)44(34)40)46(36-13-9-6-10-14-36)38-25-17-32(4-2)18-26-38;1-4-6(3)5-2;1-3-5-4-2/h5-30H,3-4H2,1-2H3;6H,4-5H2,1-3H3;3-5H2,1-2H3. The van der Waals surface area contributed by atoms with E-state index in [1.807, 2.05) is 0 Å². The zero-order valence-corrected chi connectivity index (χ0v) is 35.4. The van der Waals surface area contributed by atoms with Gasteiger partial charge in [-0.3, -0.25) is 0 Å². The van der Waals surface area contributed by atoms with Gasteiger partial charge in [0.2, 0.25) is 0 Å². The number of para-hydroxylation sites is 2. The molecule has 0 aliphatic rings. The molecule has 8 aromatic carbocycles. The highest BCUT2D eigenvalue weighted by atomic mass is 15.1. The van der Waals surface area contributed by atoms with Crippen molar-refractivity contribution in [2.24, 2.45) is 5.92 Å². The average molecular weight is 751 g/mol. The molecule has 0 aromatic heterocycles. The highest BCUT2D eigenvalue weighted by Gasteiger charge is 2.21.